The monoisotopic (exact) mass is 369 g/mol. The Balaban J connectivity index is 1.38. The second-order valence-electron chi connectivity index (χ2n) is 6.13. The van der Waals surface area contributed by atoms with Gasteiger partial charge in [-0.2, -0.15) is 10.1 Å². The number of aromatic nitrogens is 4. The average molecular weight is 369 g/mol. The number of benzene rings is 1. The van der Waals surface area contributed by atoms with Crippen molar-refractivity contribution in [2.24, 2.45) is 0 Å². The highest BCUT2D eigenvalue weighted by Gasteiger charge is 2.24. The zero-order valence-corrected chi connectivity index (χ0v) is 14.8. The van der Waals surface area contributed by atoms with Crippen molar-refractivity contribution in [3.05, 3.63) is 47.7 Å². The number of rotatable bonds is 6. The van der Waals surface area contributed by atoms with Crippen LogP contribution in [0.1, 0.15) is 41.1 Å². The second-order valence-corrected chi connectivity index (χ2v) is 6.13. The minimum Gasteiger partial charge on any atom is -0.497 e. The maximum Gasteiger partial charge on any atom is 0.269 e. The molecule has 0 unspecified atom stereocenters. The Labute approximate surface area is 155 Å². The summed E-state index contributed by atoms with van der Waals surface area (Å²) in [5, 5.41) is 13.6. The van der Waals surface area contributed by atoms with Crippen LogP contribution < -0.4 is 10.1 Å². The van der Waals surface area contributed by atoms with E-state index in [0.717, 1.165) is 24.2 Å². The number of amides is 1. The molecule has 3 aromatic rings. The Kier molecular flexibility index (Phi) is 4.84. The number of nitrogens with zero attached hydrogens (tertiary/aromatic N) is 3. The molecule has 0 saturated carbocycles. The number of carbonyl (C=O) groups is 1. The minimum atomic E-state index is -0.305. The van der Waals surface area contributed by atoms with E-state index in [-0.39, 0.29) is 18.6 Å². The molecule has 0 radical (unpaired) electrons. The van der Waals surface area contributed by atoms with Crippen LogP contribution in [0.2, 0.25) is 0 Å². The number of nitrogens with one attached hydrogen (secondary N) is 2. The van der Waals surface area contributed by atoms with Crippen molar-refractivity contribution >= 4 is 5.91 Å². The first kappa shape index (κ1) is 17.2. The highest BCUT2D eigenvalue weighted by molar-refractivity contribution is 5.93. The number of aromatic amines is 1. The van der Waals surface area contributed by atoms with Crippen molar-refractivity contribution < 1.29 is 18.8 Å². The van der Waals surface area contributed by atoms with E-state index in [0.29, 0.717) is 29.7 Å². The molecular weight excluding hydrogens is 350 g/mol. The van der Waals surface area contributed by atoms with E-state index in [1.807, 2.05) is 24.3 Å². The lowest BCUT2D eigenvalue weighted by molar-refractivity contribution is 0.0835. The third-order valence-electron chi connectivity index (χ3n) is 4.28. The summed E-state index contributed by atoms with van der Waals surface area (Å²) in [6, 6.07) is 9.14. The molecule has 1 aliphatic heterocycles. The number of carbonyl (C=O) groups excluding carboxylic acids is 1. The molecule has 0 aliphatic carbocycles. The van der Waals surface area contributed by atoms with Crippen molar-refractivity contribution in [3.8, 4) is 17.0 Å². The van der Waals surface area contributed by atoms with Gasteiger partial charge >= 0.3 is 0 Å². The Hall–Kier alpha value is -3.20. The third kappa shape index (κ3) is 3.82. The molecule has 1 atom stereocenters. The lowest BCUT2D eigenvalue weighted by atomic mass is 10.1. The lowest BCUT2D eigenvalue weighted by Crippen LogP contribution is -2.23. The SMILES string of the molecule is COc1cccc(-c2cc(C(=O)NCc3noc([C@@H]4CCCO4)n3)[nH]n2)c1. The molecule has 140 valence electrons. The summed E-state index contributed by atoms with van der Waals surface area (Å²) in [5.74, 6) is 1.28. The van der Waals surface area contributed by atoms with E-state index in [4.69, 9.17) is 14.0 Å². The van der Waals surface area contributed by atoms with Crippen molar-refractivity contribution in [2.45, 2.75) is 25.5 Å². The Bertz CT molecular complexity index is 929. The van der Waals surface area contributed by atoms with Gasteiger partial charge in [-0.15, -0.1) is 0 Å². The van der Waals surface area contributed by atoms with Gasteiger partial charge in [-0.3, -0.25) is 9.89 Å². The fraction of sp³-hybridized carbons (Fsp3) is 0.333. The Morgan fingerprint density at radius 2 is 2.33 bits per heavy atom. The normalized spacial score (nSPS) is 16.4. The van der Waals surface area contributed by atoms with Gasteiger partial charge in [0.15, 0.2) is 5.82 Å². The van der Waals surface area contributed by atoms with Crippen LogP contribution in [0.4, 0.5) is 0 Å². The van der Waals surface area contributed by atoms with E-state index < -0.39 is 0 Å². The largest absolute Gasteiger partial charge is 0.497 e. The fourth-order valence-electron chi connectivity index (χ4n) is 2.87. The zero-order chi connectivity index (χ0) is 18.6. The van der Waals surface area contributed by atoms with Gasteiger partial charge < -0.3 is 19.3 Å². The number of ether oxygens (including phenoxy) is 2. The summed E-state index contributed by atoms with van der Waals surface area (Å²) in [5.41, 5.74) is 1.85. The number of methoxy groups -OCH3 is 1. The molecule has 1 fully saturated rings. The summed E-state index contributed by atoms with van der Waals surface area (Å²) < 4.78 is 15.9. The van der Waals surface area contributed by atoms with E-state index in [2.05, 4.69) is 25.7 Å². The molecule has 1 aromatic carbocycles. The van der Waals surface area contributed by atoms with Gasteiger partial charge in [-0.1, -0.05) is 17.3 Å². The third-order valence-corrected chi connectivity index (χ3v) is 4.28. The number of H-pyrrole nitrogens is 1. The summed E-state index contributed by atoms with van der Waals surface area (Å²) in [7, 11) is 1.60. The van der Waals surface area contributed by atoms with Gasteiger partial charge in [0, 0.05) is 12.2 Å². The molecule has 2 aromatic heterocycles. The summed E-state index contributed by atoms with van der Waals surface area (Å²) in [4.78, 5) is 16.6. The van der Waals surface area contributed by atoms with E-state index in [9.17, 15) is 4.79 Å². The Morgan fingerprint density at radius 1 is 1.41 bits per heavy atom. The van der Waals surface area contributed by atoms with Gasteiger partial charge in [0.05, 0.1) is 19.3 Å². The van der Waals surface area contributed by atoms with E-state index in [1.165, 1.54) is 0 Å². The predicted molar refractivity (Wildman–Crippen MR) is 94.0 cm³/mol. The highest BCUT2D eigenvalue weighted by Crippen LogP contribution is 2.27. The van der Waals surface area contributed by atoms with Crippen LogP contribution in [0.5, 0.6) is 5.75 Å². The first-order chi connectivity index (χ1) is 13.2. The quantitative estimate of drug-likeness (QED) is 0.685. The molecule has 9 nitrogen and oxygen atoms in total. The Morgan fingerprint density at radius 3 is 3.15 bits per heavy atom. The number of hydrogen-bond acceptors (Lipinski definition) is 7. The smallest absolute Gasteiger partial charge is 0.269 e. The highest BCUT2D eigenvalue weighted by atomic mass is 16.5. The minimum absolute atomic E-state index is 0.139. The number of hydrogen-bond donors (Lipinski definition) is 2. The molecular formula is C18H19N5O4. The standard InChI is InChI=1S/C18H19N5O4/c1-25-12-5-2-4-11(8-12)13-9-14(22-21-13)17(24)19-10-16-20-18(27-23-16)15-6-3-7-26-15/h2,4-5,8-9,15H,3,6-7,10H2,1H3,(H,19,24)(H,21,22)/t15-/m0/s1. The lowest BCUT2D eigenvalue weighted by Gasteiger charge is -2.01. The van der Waals surface area contributed by atoms with Crippen LogP contribution >= 0.6 is 0 Å². The van der Waals surface area contributed by atoms with Gasteiger partial charge in [0.1, 0.15) is 17.5 Å². The van der Waals surface area contributed by atoms with Crippen LogP contribution in [0, 0.1) is 0 Å². The van der Waals surface area contributed by atoms with Crippen molar-refractivity contribution in [3.63, 3.8) is 0 Å². The molecule has 2 N–H and O–H groups in total. The molecule has 1 aliphatic rings. The van der Waals surface area contributed by atoms with Crippen molar-refractivity contribution in [1.29, 1.82) is 0 Å². The van der Waals surface area contributed by atoms with Crippen molar-refractivity contribution in [2.75, 3.05) is 13.7 Å². The molecule has 0 spiro atoms. The van der Waals surface area contributed by atoms with Crippen LogP contribution in [0.15, 0.2) is 34.9 Å². The molecule has 1 amide bonds. The average Bonchev–Trinajstić information content (AvgIpc) is 3.47. The van der Waals surface area contributed by atoms with Crippen LogP contribution in [-0.4, -0.2) is 40.0 Å². The molecule has 27 heavy (non-hydrogen) atoms. The fourth-order valence-corrected chi connectivity index (χ4v) is 2.87. The van der Waals surface area contributed by atoms with Gasteiger partial charge in [-0.05, 0) is 31.0 Å². The van der Waals surface area contributed by atoms with Crippen LogP contribution in [0.25, 0.3) is 11.3 Å². The summed E-state index contributed by atoms with van der Waals surface area (Å²) >= 11 is 0. The first-order valence-electron chi connectivity index (χ1n) is 8.65. The molecule has 9 heteroatoms. The van der Waals surface area contributed by atoms with Gasteiger partial charge in [0.2, 0.25) is 0 Å². The van der Waals surface area contributed by atoms with Gasteiger partial charge in [0.25, 0.3) is 11.8 Å². The second kappa shape index (κ2) is 7.58. The first-order valence-corrected chi connectivity index (χ1v) is 8.65. The summed E-state index contributed by atoms with van der Waals surface area (Å²) in [6.45, 7) is 0.858. The predicted octanol–water partition coefficient (Wildman–Crippen LogP) is 2.25. The summed E-state index contributed by atoms with van der Waals surface area (Å²) in [6.07, 6.45) is 1.71. The van der Waals surface area contributed by atoms with Gasteiger partial charge in [-0.25, -0.2) is 0 Å². The molecule has 4 rings (SSSR count). The molecule has 0 bridgehead atoms. The van der Waals surface area contributed by atoms with E-state index >= 15 is 0 Å². The maximum absolute atomic E-state index is 12.3. The zero-order valence-electron chi connectivity index (χ0n) is 14.8. The maximum atomic E-state index is 12.3. The topological polar surface area (TPSA) is 115 Å². The molecule has 1 saturated heterocycles. The van der Waals surface area contributed by atoms with E-state index in [1.54, 1.807) is 13.2 Å². The van der Waals surface area contributed by atoms with Crippen molar-refractivity contribution in [1.82, 2.24) is 25.7 Å². The van der Waals surface area contributed by atoms with Crippen LogP contribution in [-0.2, 0) is 11.3 Å². The van der Waals surface area contributed by atoms with Crippen LogP contribution in [0.3, 0.4) is 0 Å². The molecule has 3 heterocycles.